The third kappa shape index (κ3) is 0.857. The molecule has 42 valence electrons. The van der Waals surface area contributed by atoms with Crippen molar-refractivity contribution in [1.29, 1.82) is 5.26 Å². The average Bonchev–Trinajstić information content (AvgIpc) is 2.17. The zero-order valence-corrected chi connectivity index (χ0v) is 5.33. The van der Waals surface area contributed by atoms with E-state index in [0.717, 1.165) is 0 Å². The summed E-state index contributed by atoms with van der Waals surface area (Å²) < 4.78 is 2.93. The van der Waals surface area contributed by atoms with Crippen LogP contribution in [-0.4, -0.2) is 5.54 Å². The number of rotatable bonds is 0. The normalized spacial score (nSPS) is 35.0. The van der Waals surface area contributed by atoms with Gasteiger partial charge in [0.25, 0.3) is 0 Å². The van der Waals surface area contributed by atoms with Gasteiger partial charge in [0.15, 0.2) is 0 Å². The maximum atomic E-state index is 8.45. The van der Waals surface area contributed by atoms with Crippen LogP contribution in [0.2, 0.25) is 0 Å². The van der Waals surface area contributed by atoms with Crippen molar-refractivity contribution in [2.45, 2.75) is 12.5 Å². The topological polar surface area (TPSA) is 35.8 Å². The van der Waals surface area contributed by atoms with Gasteiger partial charge in [0.1, 0.15) is 5.54 Å². The van der Waals surface area contributed by atoms with Crippen LogP contribution < -0.4 is 4.72 Å². The van der Waals surface area contributed by atoms with Crippen LogP contribution in [0.3, 0.4) is 0 Å². The number of hydrogen-bond donors (Lipinski definition) is 1. The van der Waals surface area contributed by atoms with Crippen LogP contribution in [0.4, 0.5) is 0 Å². The van der Waals surface area contributed by atoms with Gasteiger partial charge in [0, 0.05) is 0 Å². The first-order valence-electron chi connectivity index (χ1n) is 2.29. The molecule has 1 heterocycles. The third-order valence-electron chi connectivity index (χ3n) is 0.973. The number of nitrogens with one attached hydrogen (secondary N) is 1. The molecule has 0 aromatic rings. The molecular weight excluding hydrogens is 120 g/mol. The van der Waals surface area contributed by atoms with Gasteiger partial charge in [0.05, 0.1) is 6.07 Å². The van der Waals surface area contributed by atoms with Gasteiger partial charge in [0.2, 0.25) is 0 Å². The minimum absolute atomic E-state index is 0.426. The Morgan fingerprint density at radius 3 is 2.88 bits per heavy atom. The van der Waals surface area contributed by atoms with Crippen LogP contribution >= 0.6 is 11.9 Å². The maximum absolute atomic E-state index is 8.45. The SMILES string of the molecule is CC1(C#N)C=CSN1. The van der Waals surface area contributed by atoms with E-state index < -0.39 is 5.54 Å². The summed E-state index contributed by atoms with van der Waals surface area (Å²) in [4.78, 5) is 0. The van der Waals surface area contributed by atoms with Crippen molar-refractivity contribution in [2.24, 2.45) is 0 Å². The van der Waals surface area contributed by atoms with Crippen LogP contribution in [0.1, 0.15) is 6.92 Å². The van der Waals surface area contributed by atoms with Gasteiger partial charge in [-0.1, -0.05) is 11.9 Å². The van der Waals surface area contributed by atoms with Crippen molar-refractivity contribution in [3.8, 4) is 6.07 Å². The fraction of sp³-hybridized carbons (Fsp3) is 0.400. The zero-order chi connectivity index (χ0) is 6.04. The second kappa shape index (κ2) is 1.81. The minimum atomic E-state index is -0.426. The fourth-order valence-corrected chi connectivity index (χ4v) is 1.19. The molecule has 0 fully saturated rings. The molecule has 1 rings (SSSR count). The van der Waals surface area contributed by atoms with E-state index in [1.165, 1.54) is 11.9 Å². The lowest BCUT2D eigenvalue weighted by atomic mass is 10.1. The zero-order valence-electron chi connectivity index (χ0n) is 4.51. The van der Waals surface area contributed by atoms with Gasteiger partial charge >= 0.3 is 0 Å². The van der Waals surface area contributed by atoms with Gasteiger partial charge in [-0.25, -0.2) is 4.72 Å². The van der Waals surface area contributed by atoms with Crippen molar-refractivity contribution in [1.82, 2.24) is 4.72 Å². The van der Waals surface area contributed by atoms with Crippen molar-refractivity contribution in [3.05, 3.63) is 11.5 Å². The number of nitrogens with zero attached hydrogens (tertiary/aromatic N) is 1. The van der Waals surface area contributed by atoms with E-state index in [1.807, 2.05) is 18.4 Å². The second-order valence-corrected chi connectivity index (χ2v) is 2.55. The summed E-state index contributed by atoms with van der Waals surface area (Å²) in [5, 5.41) is 10.3. The summed E-state index contributed by atoms with van der Waals surface area (Å²) in [6.07, 6.45) is 1.84. The number of hydrogen-bond acceptors (Lipinski definition) is 3. The van der Waals surface area contributed by atoms with Gasteiger partial charge in [-0.05, 0) is 18.4 Å². The quantitative estimate of drug-likeness (QED) is 0.492. The van der Waals surface area contributed by atoms with Gasteiger partial charge in [-0.15, -0.1) is 0 Å². The predicted octanol–water partition coefficient (Wildman–Crippen LogP) is 1.03. The summed E-state index contributed by atoms with van der Waals surface area (Å²) in [7, 11) is 0. The first kappa shape index (κ1) is 5.67. The summed E-state index contributed by atoms with van der Waals surface area (Å²) in [6.45, 7) is 1.84. The standard InChI is InChI=1S/C5H6N2S/c1-5(4-6)2-3-8-7-5/h2-3,7H,1H3. The molecule has 0 bridgehead atoms. The molecule has 0 spiro atoms. The molecule has 0 aliphatic carbocycles. The van der Waals surface area contributed by atoms with E-state index in [0.29, 0.717) is 0 Å². The van der Waals surface area contributed by atoms with Crippen LogP contribution in [0.5, 0.6) is 0 Å². The first-order valence-corrected chi connectivity index (χ1v) is 3.17. The molecule has 0 amide bonds. The highest BCUT2D eigenvalue weighted by Gasteiger charge is 2.22. The molecule has 0 aromatic heterocycles. The Kier molecular flexibility index (Phi) is 1.28. The Labute approximate surface area is 52.7 Å². The summed E-state index contributed by atoms with van der Waals surface area (Å²) in [5.41, 5.74) is -0.426. The van der Waals surface area contributed by atoms with E-state index in [2.05, 4.69) is 10.8 Å². The molecule has 1 N–H and O–H groups in total. The van der Waals surface area contributed by atoms with E-state index in [9.17, 15) is 0 Å². The van der Waals surface area contributed by atoms with Crippen LogP contribution in [0, 0.1) is 11.3 Å². The van der Waals surface area contributed by atoms with Crippen LogP contribution in [0.15, 0.2) is 11.5 Å². The molecule has 0 saturated heterocycles. The van der Waals surface area contributed by atoms with Crippen LogP contribution in [-0.2, 0) is 0 Å². The van der Waals surface area contributed by atoms with Gasteiger partial charge in [-0.3, -0.25) is 0 Å². The molecule has 2 nitrogen and oxygen atoms in total. The maximum Gasteiger partial charge on any atom is 0.132 e. The lowest BCUT2D eigenvalue weighted by molar-refractivity contribution is 0.706. The average molecular weight is 126 g/mol. The fourth-order valence-electron chi connectivity index (χ4n) is 0.421. The molecule has 1 aliphatic heterocycles. The monoisotopic (exact) mass is 126 g/mol. The van der Waals surface area contributed by atoms with E-state index in [-0.39, 0.29) is 0 Å². The Morgan fingerprint density at radius 1 is 1.88 bits per heavy atom. The van der Waals surface area contributed by atoms with Crippen LogP contribution in [0.25, 0.3) is 0 Å². The molecule has 0 aromatic carbocycles. The molecule has 1 aliphatic rings. The Bertz CT molecular complexity index is 158. The minimum Gasteiger partial charge on any atom is -0.238 e. The number of nitriles is 1. The van der Waals surface area contributed by atoms with Crippen molar-refractivity contribution in [2.75, 3.05) is 0 Å². The Balaban J connectivity index is 2.72. The smallest absolute Gasteiger partial charge is 0.132 e. The highest BCUT2D eigenvalue weighted by Crippen LogP contribution is 2.18. The molecule has 0 saturated carbocycles. The molecule has 8 heavy (non-hydrogen) atoms. The molecule has 0 radical (unpaired) electrons. The predicted molar refractivity (Wildman–Crippen MR) is 33.9 cm³/mol. The second-order valence-electron chi connectivity index (χ2n) is 1.84. The lowest BCUT2D eigenvalue weighted by Crippen LogP contribution is -2.29. The summed E-state index contributed by atoms with van der Waals surface area (Å²) in [6, 6.07) is 2.12. The Hall–Kier alpha value is -0.460. The summed E-state index contributed by atoms with van der Waals surface area (Å²) in [5.74, 6) is 0. The third-order valence-corrected chi connectivity index (χ3v) is 1.79. The van der Waals surface area contributed by atoms with Gasteiger partial charge in [-0.2, -0.15) is 5.26 Å². The van der Waals surface area contributed by atoms with E-state index in [1.54, 1.807) is 0 Å². The highest BCUT2D eigenvalue weighted by atomic mass is 32.2. The largest absolute Gasteiger partial charge is 0.238 e. The lowest BCUT2D eigenvalue weighted by Gasteiger charge is -2.08. The van der Waals surface area contributed by atoms with Crippen molar-refractivity contribution in [3.63, 3.8) is 0 Å². The first-order chi connectivity index (χ1) is 3.77. The van der Waals surface area contributed by atoms with E-state index in [4.69, 9.17) is 5.26 Å². The van der Waals surface area contributed by atoms with Gasteiger partial charge < -0.3 is 0 Å². The molecule has 1 unspecified atom stereocenters. The Morgan fingerprint density at radius 2 is 2.62 bits per heavy atom. The molecule has 1 atom stereocenters. The van der Waals surface area contributed by atoms with Crippen molar-refractivity contribution >= 4 is 11.9 Å². The molecule has 3 heteroatoms. The highest BCUT2D eigenvalue weighted by molar-refractivity contribution is 8.00. The van der Waals surface area contributed by atoms with E-state index >= 15 is 0 Å². The summed E-state index contributed by atoms with van der Waals surface area (Å²) >= 11 is 1.45. The van der Waals surface area contributed by atoms with Crippen molar-refractivity contribution < 1.29 is 0 Å². The molecular formula is C5H6N2S.